The molecule has 43 heavy (non-hydrogen) atoms. The molecular formula is C28H31ClFN7O5S. The average Bonchev–Trinajstić information content (AvgIpc) is 3.34. The van der Waals surface area contributed by atoms with Crippen LogP contribution in [0.15, 0.2) is 47.6 Å². The highest BCUT2D eigenvalue weighted by molar-refractivity contribution is 7.92. The van der Waals surface area contributed by atoms with Crippen molar-refractivity contribution in [2.75, 3.05) is 30.7 Å². The summed E-state index contributed by atoms with van der Waals surface area (Å²) in [5.41, 5.74) is 5.89. The summed E-state index contributed by atoms with van der Waals surface area (Å²) in [6, 6.07) is 8.02. The number of sulfonamides is 1. The fraction of sp³-hybridized carbons (Fsp3) is 0.357. The number of halogens is 2. The molecular weight excluding hydrogens is 601 g/mol. The zero-order valence-electron chi connectivity index (χ0n) is 24.0. The number of hydrogen-bond donors (Lipinski definition) is 2. The summed E-state index contributed by atoms with van der Waals surface area (Å²) < 4.78 is 56.8. The van der Waals surface area contributed by atoms with Gasteiger partial charge < -0.3 is 20.1 Å². The molecule has 0 unspecified atom stereocenters. The van der Waals surface area contributed by atoms with Crippen molar-refractivity contribution < 1.29 is 27.1 Å². The number of ether oxygens (including phenoxy) is 2. The van der Waals surface area contributed by atoms with E-state index in [9.17, 15) is 13.2 Å². The van der Waals surface area contributed by atoms with Gasteiger partial charge in [0.15, 0.2) is 11.5 Å². The molecule has 0 bridgehead atoms. The number of methoxy groups -OCH3 is 1. The van der Waals surface area contributed by atoms with Gasteiger partial charge in [-0.25, -0.2) is 32.3 Å². The first-order chi connectivity index (χ1) is 20.3. The van der Waals surface area contributed by atoms with E-state index in [2.05, 4.69) is 14.7 Å². The van der Waals surface area contributed by atoms with E-state index in [1.165, 1.54) is 49.8 Å². The molecule has 3 heterocycles. The Morgan fingerprint density at radius 2 is 1.88 bits per heavy atom. The number of piperidine rings is 1. The summed E-state index contributed by atoms with van der Waals surface area (Å²) in [6.45, 7) is 6.29. The monoisotopic (exact) mass is 631 g/mol. The number of hydrogen-bond acceptors (Lipinski definition) is 9. The van der Waals surface area contributed by atoms with Crippen LogP contribution in [0.3, 0.4) is 0 Å². The van der Waals surface area contributed by atoms with Gasteiger partial charge in [-0.3, -0.25) is 4.72 Å². The largest absolute Gasteiger partial charge is 0.495 e. The fourth-order valence-corrected chi connectivity index (χ4v) is 6.28. The number of aromatic nitrogens is 4. The van der Waals surface area contributed by atoms with E-state index in [0.717, 1.165) is 0 Å². The van der Waals surface area contributed by atoms with Gasteiger partial charge in [0.2, 0.25) is 0 Å². The zero-order valence-corrected chi connectivity index (χ0v) is 25.5. The summed E-state index contributed by atoms with van der Waals surface area (Å²) in [7, 11) is -2.81. The molecule has 0 atom stereocenters. The minimum Gasteiger partial charge on any atom is -0.495 e. The number of likely N-dealkylation sites (tertiary alicyclic amines) is 1. The number of benzene rings is 2. The minimum absolute atomic E-state index is 0.00408. The van der Waals surface area contributed by atoms with Gasteiger partial charge in [-0.15, -0.1) is 0 Å². The molecule has 1 aliphatic heterocycles. The van der Waals surface area contributed by atoms with Gasteiger partial charge in [0, 0.05) is 18.7 Å². The maximum Gasteiger partial charge on any atom is 0.410 e. The summed E-state index contributed by atoms with van der Waals surface area (Å²) >= 11 is 6.11. The SMILES string of the molecule is COc1ccc(S(=O)(=O)Nc2cccc(-c3nn(C4CCN(C(=O)OC(C)(C)C)CC4)c4ncnc(N)c34)c2F)cc1Cl. The highest BCUT2D eigenvalue weighted by Gasteiger charge is 2.31. The first-order valence-electron chi connectivity index (χ1n) is 13.4. The lowest BCUT2D eigenvalue weighted by Gasteiger charge is -2.33. The molecule has 228 valence electrons. The second-order valence-corrected chi connectivity index (χ2v) is 13.1. The Kier molecular flexibility index (Phi) is 8.09. The number of carbonyl (C=O) groups is 1. The van der Waals surface area contributed by atoms with E-state index in [-0.39, 0.29) is 44.8 Å². The van der Waals surface area contributed by atoms with Gasteiger partial charge in [0.1, 0.15) is 29.2 Å². The summed E-state index contributed by atoms with van der Waals surface area (Å²) in [4.78, 5) is 22.5. The van der Waals surface area contributed by atoms with Crippen LogP contribution in [-0.4, -0.2) is 65.0 Å². The molecule has 1 fully saturated rings. The second kappa shape index (κ2) is 11.5. The molecule has 12 nitrogen and oxygen atoms in total. The Morgan fingerprint density at radius 3 is 2.53 bits per heavy atom. The Labute approximate surface area is 253 Å². The fourth-order valence-electron chi connectivity index (χ4n) is 4.87. The van der Waals surface area contributed by atoms with Gasteiger partial charge in [-0.1, -0.05) is 17.7 Å². The van der Waals surface area contributed by atoms with E-state index in [4.69, 9.17) is 31.9 Å². The topological polar surface area (TPSA) is 155 Å². The molecule has 1 aliphatic rings. The second-order valence-electron chi connectivity index (χ2n) is 11.0. The molecule has 0 spiro atoms. The van der Waals surface area contributed by atoms with Crippen molar-refractivity contribution in [3.63, 3.8) is 0 Å². The van der Waals surface area contributed by atoms with Crippen LogP contribution in [-0.2, 0) is 14.8 Å². The van der Waals surface area contributed by atoms with Crippen molar-refractivity contribution in [2.45, 2.75) is 50.2 Å². The molecule has 0 saturated carbocycles. The van der Waals surface area contributed by atoms with Crippen LogP contribution in [0.4, 0.5) is 20.7 Å². The third kappa shape index (κ3) is 6.15. The van der Waals surface area contributed by atoms with E-state index in [0.29, 0.717) is 42.7 Å². The molecule has 3 N–H and O–H groups in total. The van der Waals surface area contributed by atoms with Crippen LogP contribution in [0, 0.1) is 5.82 Å². The average molecular weight is 632 g/mol. The van der Waals surface area contributed by atoms with Crippen molar-refractivity contribution >= 4 is 50.3 Å². The van der Waals surface area contributed by atoms with Crippen LogP contribution >= 0.6 is 11.6 Å². The Hall–Kier alpha value is -4.17. The molecule has 2 aromatic heterocycles. The maximum absolute atomic E-state index is 16.0. The van der Waals surface area contributed by atoms with E-state index in [1.54, 1.807) is 9.58 Å². The molecule has 2 aromatic carbocycles. The van der Waals surface area contributed by atoms with Crippen LogP contribution in [0.2, 0.25) is 5.02 Å². The van der Waals surface area contributed by atoms with Gasteiger partial charge in [0.25, 0.3) is 10.0 Å². The smallest absolute Gasteiger partial charge is 0.410 e. The Bertz CT molecular complexity index is 1800. The predicted molar refractivity (Wildman–Crippen MR) is 160 cm³/mol. The normalized spacial score (nSPS) is 14.6. The summed E-state index contributed by atoms with van der Waals surface area (Å²) in [6.07, 6.45) is 2.01. The van der Waals surface area contributed by atoms with E-state index < -0.39 is 21.4 Å². The van der Waals surface area contributed by atoms with Crippen molar-refractivity contribution in [3.05, 3.63) is 53.6 Å². The zero-order chi connectivity index (χ0) is 31.1. The number of amides is 1. The first-order valence-corrected chi connectivity index (χ1v) is 15.3. The van der Waals surface area contributed by atoms with Crippen molar-refractivity contribution in [1.29, 1.82) is 0 Å². The first kappa shape index (κ1) is 30.3. The van der Waals surface area contributed by atoms with E-state index >= 15 is 4.39 Å². The number of nitrogens with zero attached hydrogens (tertiary/aromatic N) is 5. The summed E-state index contributed by atoms with van der Waals surface area (Å²) in [5, 5.41) is 5.13. The van der Waals surface area contributed by atoms with Gasteiger partial charge in [-0.2, -0.15) is 5.10 Å². The number of anilines is 2. The quantitative estimate of drug-likeness (QED) is 0.290. The highest BCUT2D eigenvalue weighted by atomic mass is 35.5. The molecule has 4 aromatic rings. The van der Waals surface area contributed by atoms with Crippen LogP contribution in [0.25, 0.3) is 22.3 Å². The lowest BCUT2D eigenvalue weighted by atomic mass is 10.1. The van der Waals surface area contributed by atoms with Crippen LogP contribution < -0.4 is 15.2 Å². The Morgan fingerprint density at radius 1 is 1.16 bits per heavy atom. The minimum atomic E-state index is -4.22. The van der Waals surface area contributed by atoms with Crippen molar-refractivity contribution in [2.24, 2.45) is 0 Å². The number of nitrogens with one attached hydrogen (secondary N) is 1. The number of fused-ring (bicyclic) bond motifs is 1. The van der Waals surface area contributed by atoms with Crippen LogP contribution in [0.5, 0.6) is 5.75 Å². The van der Waals surface area contributed by atoms with Gasteiger partial charge in [-0.05, 0) is 63.9 Å². The third-order valence-electron chi connectivity index (χ3n) is 6.91. The van der Waals surface area contributed by atoms with Gasteiger partial charge >= 0.3 is 6.09 Å². The Balaban J connectivity index is 1.47. The molecule has 0 aliphatic carbocycles. The van der Waals surface area contributed by atoms with Crippen LogP contribution in [0.1, 0.15) is 39.7 Å². The standard InChI is InChI=1S/C28H31ClFN7O5S/c1-28(2,3)42-27(38)36-12-10-16(11-13-36)37-26-22(25(31)32-15-33-26)24(34-37)18-6-5-7-20(23(18)30)35-43(39,40)17-8-9-21(41-4)19(29)14-17/h5-9,14-16,35H,10-13H2,1-4H3,(H2,31,32,33). The van der Waals surface area contributed by atoms with E-state index in [1.807, 2.05) is 20.8 Å². The predicted octanol–water partition coefficient (Wildman–Crippen LogP) is 5.25. The molecule has 5 rings (SSSR count). The molecule has 1 amide bonds. The lowest BCUT2D eigenvalue weighted by molar-refractivity contribution is 0.0186. The summed E-state index contributed by atoms with van der Waals surface area (Å²) in [5.74, 6) is -0.470. The number of nitrogen functional groups attached to an aromatic ring is 1. The number of carbonyl (C=O) groups excluding carboxylic acids is 1. The molecule has 1 saturated heterocycles. The molecule has 0 radical (unpaired) electrons. The third-order valence-corrected chi connectivity index (χ3v) is 8.57. The van der Waals surface area contributed by atoms with Crippen molar-refractivity contribution in [3.8, 4) is 17.0 Å². The lowest BCUT2D eigenvalue weighted by Crippen LogP contribution is -2.42. The molecule has 15 heteroatoms. The van der Waals surface area contributed by atoms with Gasteiger partial charge in [0.05, 0.1) is 34.1 Å². The highest BCUT2D eigenvalue weighted by Crippen LogP contribution is 2.37. The maximum atomic E-state index is 16.0. The number of rotatable bonds is 6. The van der Waals surface area contributed by atoms with Crippen molar-refractivity contribution in [1.82, 2.24) is 24.6 Å². The number of nitrogens with two attached hydrogens (primary N) is 1.